The van der Waals surface area contributed by atoms with Crippen molar-refractivity contribution < 1.29 is 9.53 Å². The average molecular weight is 242 g/mol. The lowest BCUT2D eigenvalue weighted by atomic mass is 10.0. The highest BCUT2D eigenvalue weighted by atomic mass is 16.5. The van der Waals surface area contributed by atoms with E-state index in [1.165, 1.54) is 0 Å². The molecule has 2 N–H and O–H groups in total. The van der Waals surface area contributed by atoms with Gasteiger partial charge in [-0.1, -0.05) is 13.3 Å². The molecule has 17 heavy (non-hydrogen) atoms. The number of nitrogens with one attached hydrogen (secondary N) is 2. The van der Waals surface area contributed by atoms with E-state index < -0.39 is 0 Å². The Morgan fingerprint density at radius 3 is 2.94 bits per heavy atom. The molecule has 0 spiro atoms. The first-order valence-electron chi connectivity index (χ1n) is 6.76. The van der Waals surface area contributed by atoms with Crippen LogP contribution in [0.4, 0.5) is 0 Å². The lowest BCUT2D eigenvalue weighted by molar-refractivity contribution is -0.121. The van der Waals surface area contributed by atoms with Gasteiger partial charge in [-0.25, -0.2) is 0 Å². The van der Waals surface area contributed by atoms with Gasteiger partial charge in [0.15, 0.2) is 0 Å². The number of hydrogen-bond donors (Lipinski definition) is 2. The quantitative estimate of drug-likeness (QED) is 0.741. The molecule has 1 heterocycles. The Bertz CT molecular complexity index is 233. The van der Waals surface area contributed by atoms with Crippen LogP contribution in [-0.4, -0.2) is 37.2 Å². The van der Waals surface area contributed by atoms with Gasteiger partial charge in [0, 0.05) is 18.7 Å². The second-order valence-electron chi connectivity index (χ2n) is 5.04. The number of amides is 1. The number of ether oxygens (including phenoxy) is 1. The van der Waals surface area contributed by atoms with E-state index in [2.05, 4.69) is 31.4 Å². The van der Waals surface area contributed by atoms with Crippen molar-refractivity contribution in [1.82, 2.24) is 10.6 Å². The topological polar surface area (TPSA) is 50.4 Å². The van der Waals surface area contributed by atoms with Crippen molar-refractivity contribution in [3.05, 3.63) is 0 Å². The van der Waals surface area contributed by atoms with Crippen LogP contribution in [0.15, 0.2) is 0 Å². The van der Waals surface area contributed by atoms with Gasteiger partial charge in [-0.3, -0.25) is 4.79 Å². The number of rotatable bonds is 6. The highest BCUT2D eigenvalue weighted by molar-refractivity contribution is 5.78. The Hall–Kier alpha value is -0.610. The first-order chi connectivity index (χ1) is 8.11. The summed E-state index contributed by atoms with van der Waals surface area (Å²) in [6.45, 7) is 7.48. The third-order valence-electron chi connectivity index (χ3n) is 3.17. The Kier molecular flexibility index (Phi) is 6.52. The number of hydrogen-bond acceptors (Lipinski definition) is 3. The number of carbonyl (C=O) groups excluding carboxylic acids is 1. The smallest absolute Gasteiger partial charge is 0.234 e. The molecule has 0 saturated carbocycles. The fourth-order valence-corrected chi connectivity index (χ4v) is 2.25. The van der Waals surface area contributed by atoms with Crippen LogP contribution in [0.25, 0.3) is 0 Å². The molecule has 0 bridgehead atoms. The van der Waals surface area contributed by atoms with E-state index in [1.54, 1.807) is 0 Å². The van der Waals surface area contributed by atoms with Crippen molar-refractivity contribution >= 4 is 5.91 Å². The van der Waals surface area contributed by atoms with Crippen LogP contribution in [0.1, 0.15) is 46.5 Å². The molecule has 1 aliphatic heterocycles. The van der Waals surface area contributed by atoms with Crippen molar-refractivity contribution in [2.75, 3.05) is 13.2 Å². The maximum atomic E-state index is 11.6. The Labute approximate surface area is 104 Å². The van der Waals surface area contributed by atoms with Crippen LogP contribution >= 0.6 is 0 Å². The van der Waals surface area contributed by atoms with E-state index >= 15 is 0 Å². The molecule has 4 heteroatoms. The highest BCUT2D eigenvalue weighted by Gasteiger charge is 2.19. The summed E-state index contributed by atoms with van der Waals surface area (Å²) in [5.74, 6) is 0.102. The molecule has 0 aromatic heterocycles. The summed E-state index contributed by atoms with van der Waals surface area (Å²) < 4.78 is 5.47. The van der Waals surface area contributed by atoms with Crippen LogP contribution in [0.2, 0.25) is 0 Å². The fourth-order valence-electron chi connectivity index (χ4n) is 2.25. The molecule has 4 nitrogen and oxygen atoms in total. The van der Waals surface area contributed by atoms with Gasteiger partial charge in [-0.05, 0) is 33.1 Å². The van der Waals surface area contributed by atoms with Gasteiger partial charge in [0.25, 0.3) is 0 Å². The minimum Gasteiger partial charge on any atom is -0.378 e. The molecule has 3 unspecified atom stereocenters. The molecular weight excluding hydrogens is 216 g/mol. The largest absolute Gasteiger partial charge is 0.378 e. The van der Waals surface area contributed by atoms with E-state index in [4.69, 9.17) is 4.74 Å². The zero-order valence-electron chi connectivity index (χ0n) is 11.3. The van der Waals surface area contributed by atoms with E-state index in [0.29, 0.717) is 18.7 Å². The molecule has 0 aromatic rings. The van der Waals surface area contributed by atoms with Gasteiger partial charge in [-0.15, -0.1) is 0 Å². The van der Waals surface area contributed by atoms with Gasteiger partial charge >= 0.3 is 0 Å². The maximum Gasteiger partial charge on any atom is 0.234 e. The lowest BCUT2D eigenvalue weighted by Crippen LogP contribution is -2.45. The van der Waals surface area contributed by atoms with E-state index in [0.717, 1.165) is 32.3 Å². The van der Waals surface area contributed by atoms with Gasteiger partial charge < -0.3 is 15.4 Å². The molecule has 3 atom stereocenters. The zero-order chi connectivity index (χ0) is 12.7. The third kappa shape index (κ3) is 6.03. The minimum absolute atomic E-state index is 0.102. The molecule has 0 aromatic carbocycles. The molecular formula is C13H26N2O2. The highest BCUT2D eigenvalue weighted by Crippen LogP contribution is 2.12. The monoisotopic (exact) mass is 242 g/mol. The predicted octanol–water partition coefficient (Wildman–Crippen LogP) is 1.45. The first kappa shape index (κ1) is 14.5. The number of carbonyl (C=O) groups is 1. The third-order valence-corrected chi connectivity index (χ3v) is 3.17. The van der Waals surface area contributed by atoms with Crippen LogP contribution in [-0.2, 0) is 9.53 Å². The first-order valence-corrected chi connectivity index (χ1v) is 6.76. The standard InChI is InChI=1S/C13H26N2O2/c1-4-5-10(2)15-13(16)9-14-12-6-7-17-11(3)8-12/h10-12,14H,4-9H2,1-3H3,(H,15,16). The van der Waals surface area contributed by atoms with Crippen LogP contribution < -0.4 is 10.6 Å². The van der Waals surface area contributed by atoms with Gasteiger partial charge in [0.2, 0.25) is 5.91 Å². The van der Waals surface area contributed by atoms with Crippen molar-refractivity contribution in [1.29, 1.82) is 0 Å². The molecule has 0 aliphatic carbocycles. The average Bonchev–Trinajstić information content (AvgIpc) is 2.27. The lowest BCUT2D eigenvalue weighted by Gasteiger charge is -2.28. The van der Waals surface area contributed by atoms with E-state index in [1.807, 2.05) is 0 Å². The predicted molar refractivity (Wildman–Crippen MR) is 69.0 cm³/mol. The van der Waals surface area contributed by atoms with Crippen LogP contribution in [0.3, 0.4) is 0 Å². The second kappa shape index (κ2) is 7.67. The van der Waals surface area contributed by atoms with Crippen molar-refractivity contribution in [3.8, 4) is 0 Å². The van der Waals surface area contributed by atoms with E-state index in [-0.39, 0.29) is 11.9 Å². The van der Waals surface area contributed by atoms with Crippen LogP contribution in [0.5, 0.6) is 0 Å². The van der Waals surface area contributed by atoms with Gasteiger partial charge in [0.1, 0.15) is 0 Å². The van der Waals surface area contributed by atoms with Crippen LogP contribution in [0, 0.1) is 0 Å². The van der Waals surface area contributed by atoms with Crippen molar-refractivity contribution in [2.45, 2.75) is 64.6 Å². The molecule has 1 fully saturated rings. The van der Waals surface area contributed by atoms with Crippen molar-refractivity contribution in [2.24, 2.45) is 0 Å². The maximum absolute atomic E-state index is 11.6. The Balaban J connectivity index is 2.14. The van der Waals surface area contributed by atoms with Gasteiger partial charge in [0.05, 0.1) is 12.6 Å². The normalized spacial score (nSPS) is 26.5. The SMILES string of the molecule is CCCC(C)NC(=O)CNC1CCOC(C)C1. The minimum atomic E-state index is 0.102. The van der Waals surface area contributed by atoms with E-state index in [9.17, 15) is 4.79 Å². The molecule has 100 valence electrons. The molecule has 1 saturated heterocycles. The molecule has 1 amide bonds. The van der Waals surface area contributed by atoms with Gasteiger partial charge in [-0.2, -0.15) is 0 Å². The fraction of sp³-hybridized carbons (Fsp3) is 0.923. The summed E-state index contributed by atoms with van der Waals surface area (Å²) in [6, 6.07) is 0.703. The summed E-state index contributed by atoms with van der Waals surface area (Å²) in [4.78, 5) is 11.6. The Morgan fingerprint density at radius 2 is 2.29 bits per heavy atom. The molecule has 0 radical (unpaired) electrons. The molecule has 1 rings (SSSR count). The summed E-state index contributed by atoms with van der Waals surface area (Å²) in [7, 11) is 0. The zero-order valence-corrected chi connectivity index (χ0v) is 11.3. The summed E-state index contributed by atoms with van der Waals surface area (Å²) >= 11 is 0. The summed E-state index contributed by atoms with van der Waals surface area (Å²) in [5.41, 5.74) is 0. The second-order valence-corrected chi connectivity index (χ2v) is 5.04. The summed E-state index contributed by atoms with van der Waals surface area (Å²) in [6.07, 6.45) is 4.45. The molecule has 1 aliphatic rings. The van der Waals surface area contributed by atoms with Crippen molar-refractivity contribution in [3.63, 3.8) is 0 Å². The Morgan fingerprint density at radius 1 is 1.53 bits per heavy atom. The summed E-state index contributed by atoms with van der Waals surface area (Å²) in [5, 5.41) is 6.31.